The molecule has 0 radical (unpaired) electrons. The van der Waals surface area contributed by atoms with Crippen LogP contribution in [0.3, 0.4) is 0 Å². The lowest BCUT2D eigenvalue weighted by molar-refractivity contribution is -0.119. The lowest BCUT2D eigenvalue weighted by Gasteiger charge is -2.07. The first-order valence-electron chi connectivity index (χ1n) is 3.92. The first-order valence-corrected chi connectivity index (χ1v) is 5.05. The van der Waals surface area contributed by atoms with Crippen molar-refractivity contribution in [1.29, 1.82) is 0 Å². The van der Waals surface area contributed by atoms with Crippen molar-refractivity contribution in [2.24, 2.45) is 9.98 Å². The minimum absolute atomic E-state index is 0.171. The molecule has 0 aliphatic carbocycles. The molecule has 0 aromatic heterocycles. The number of hydrogen-bond acceptors (Lipinski definition) is 2. The molecule has 1 unspecified atom stereocenters. The molecule has 1 aromatic rings. The zero-order valence-corrected chi connectivity index (χ0v) is 8.36. The standard InChI is InChI=1S/C9H7BrN2O/c10-5-8-9(13)12-7-4-2-1-3-6(7)11-8/h1-4,8H,5H2. The van der Waals surface area contributed by atoms with Gasteiger partial charge in [-0.1, -0.05) is 28.1 Å². The van der Waals surface area contributed by atoms with E-state index >= 15 is 0 Å². The molecular formula is C9H7BrN2O. The van der Waals surface area contributed by atoms with E-state index in [4.69, 9.17) is 0 Å². The maximum absolute atomic E-state index is 11.3. The molecule has 0 saturated heterocycles. The quantitative estimate of drug-likeness (QED) is 0.647. The molecule has 1 atom stereocenters. The minimum Gasteiger partial charge on any atom is -0.270 e. The second kappa shape index (κ2) is 3.38. The van der Waals surface area contributed by atoms with Gasteiger partial charge in [0.25, 0.3) is 5.91 Å². The van der Waals surface area contributed by atoms with E-state index in [0.717, 1.165) is 5.36 Å². The van der Waals surface area contributed by atoms with Gasteiger partial charge in [-0.25, -0.2) is 4.99 Å². The van der Waals surface area contributed by atoms with Gasteiger partial charge >= 0.3 is 0 Å². The third-order valence-electron chi connectivity index (χ3n) is 1.84. The van der Waals surface area contributed by atoms with Crippen LogP contribution in [0.1, 0.15) is 0 Å². The Balaban J connectivity index is 2.66. The van der Waals surface area contributed by atoms with Crippen molar-refractivity contribution in [2.75, 3.05) is 5.33 Å². The van der Waals surface area contributed by atoms with E-state index in [0.29, 0.717) is 10.7 Å². The number of para-hydroxylation sites is 2. The van der Waals surface area contributed by atoms with Gasteiger partial charge in [-0.05, 0) is 12.1 Å². The van der Waals surface area contributed by atoms with Gasteiger partial charge in [0.05, 0.1) is 10.7 Å². The van der Waals surface area contributed by atoms with E-state index in [2.05, 4.69) is 25.9 Å². The van der Waals surface area contributed by atoms with Gasteiger partial charge in [0, 0.05) is 5.33 Å². The van der Waals surface area contributed by atoms with Gasteiger partial charge in [0.15, 0.2) is 0 Å². The van der Waals surface area contributed by atoms with Gasteiger partial charge in [0.1, 0.15) is 6.04 Å². The summed E-state index contributed by atoms with van der Waals surface area (Å²) in [7, 11) is 0. The minimum atomic E-state index is -0.352. The highest BCUT2D eigenvalue weighted by Gasteiger charge is 2.17. The van der Waals surface area contributed by atoms with Crippen molar-refractivity contribution >= 4 is 21.8 Å². The van der Waals surface area contributed by atoms with Crippen molar-refractivity contribution in [1.82, 2.24) is 0 Å². The van der Waals surface area contributed by atoms with Gasteiger partial charge in [-0.2, -0.15) is 0 Å². The van der Waals surface area contributed by atoms with Crippen LogP contribution in [0.2, 0.25) is 0 Å². The molecule has 0 N–H and O–H groups in total. The second-order valence-electron chi connectivity index (χ2n) is 2.74. The number of hydrogen-bond donors (Lipinski definition) is 0. The number of fused-ring (bicyclic) bond motifs is 1. The summed E-state index contributed by atoms with van der Waals surface area (Å²) in [6, 6.07) is 7.04. The fourth-order valence-corrected chi connectivity index (χ4v) is 1.61. The highest BCUT2D eigenvalue weighted by atomic mass is 79.9. The molecule has 0 fully saturated rings. The monoisotopic (exact) mass is 238 g/mol. The van der Waals surface area contributed by atoms with E-state index in [-0.39, 0.29) is 11.9 Å². The lowest BCUT2D eigenvalue weighted by Crippen LogP contribution is -2.37. The molecule has 0 spiro atoms. The summed E-state index contributed by atoms with van der Waals surface area (Å²) in [6.45, 7) is 0. The van der Waals surface area contributed by atoms with Crippen molar-refractivity contribution in [2.45, 2.75) is 6.04 Å². The number of carbonyl (C=O) groups is 1. The van der Waals surface area contributed by atoms with Crippen molar-refractivity contribution in [3.05, 3.63) is 35.0 Å². The largest absolute Gasteiger partial charge is 0.271 e. The summed E-state index contributed by atoms with van der Waals surface area (Å²) in [5.74, 6) is -0.171. The molecule has 1 aliphatic rings. The van der Waals surface area contributed by atoms with E-state index in [1.165, 1.54) is 0 Å². The van der Waals surface area contributed by atoms with E-state index < -0.39 is 0 Å². The van der Waals surface area contributed by atoms with Crippen molar-refractivity contribution in [3.8, 4) is 0 Å². The Bertz CT molecular complexity index is 455. The molecule has 1 heterocycles. The third kappa shape index (κ3) is 1.54. The summed E-state index contributed by atoms with van der Waals surface area (Å²) in [6.07, 6.45) is 0. The molecule has 0 saturated carbocycles. The van der Waals surface area contributed by atoms with E-state index in [9.17, 15) is 4.79 Å². The molecule has 1 aliphatic heterocycles. The van der Waals surface area contributed by atoms with E-state index in [1.807, 2.05) is 18.2 Å². The fraction of sp³-hybridized carbons (Fsp3) is 0.222. The third-order valence-corrected chi connectivity index (χ3v) is 2.45. The maximum atomic E-state index is 11.3. The molecule has 1 aromatic carbocycles. The molecule has 4 heteroatoms. The number of amides is 1. The Morgan fingerprint density at radius 1 is 1.31 bits per heavy atom. The van der Waals surface area contributed by atoms with Crippen LogP contribution in [-0.2, 0) is 4.79 Å². The first kappa shape index (κ1) is 8.56. The van der Waals surface area contributed by atoms with Gasteiger partial charge in [-0.15, -0.1) is 0 Å². The Labute approximate surface area is 83.3 Å². The van der Waals surface area contributed by atoms with Crippen LogP contribution in [0.15, 0.2) is 34.3 Å². The Kier molecular flexibility index (Phi) is 2.22. The number of halogens is 1. The van der Waals surface area contributed by atoms with Crippen LogP contribution in [0.4, 0.5) is 0 Å². The molecule has 1 amide bonds. The number of carbonyl (C=O) groups excluding carboxylic acids is 1. The van der Waals surface area contributed by atoms with Crippen molar-refractivity contribution in [3.63, 3.8) is 0 Å². The predicted molar refractivity (Wildman–Crippen MR) is 51.3 cm³/mol. The summed E-state index contributed by atoms with van der Waals surface area (Å²) in [4.78, 5) is 19.5. The average molecular weight is 239 g/mol. The maximum Gasteiger partial charge on any atom is 0.271 e. The molecule has 0 bridgehead atoms. The number of benzene rings is 1. The summed E-state index contributed by atoms with van der Waals surface area (Å²) in [5.41, 5.74) is 0. The highest BCUT2D eigenvalue weighted by Crippen LogP contribution is 1.99. The lowest BCUT2D eigenvalue weighted by atomic mass is 10.2. The van der Waals surface area contributed by atoms with Gasteiger partial charge in [0.2, 0.25) is 0 Å². The fourth-order valence-electron chi connectivity index (χ4n) is 1.18. The van der Waals surface area contributed by atoms with Gasteiger partial charge in [-0.3, -0.25) is 9.79 Å². The van der Waals surface area contributed by atoms with E-state index in [1.54, 1.807) is 6.07 Å². The van der Waals surface area contributed by atoms with Crippen molar-refractivity contribution < 1.29 is 4.79 Å². The topological polar surface area (TPSA) is 41.8 Å². The summed E-state index contributed by atoms with van der Waals surface area (Å²) in [5, 5.41) is 2.00. The van der Waals surface area contributed by atoms with Gasteiger partial charge < -0.3 is 0 Å². The molecule has 66 valence electrons. The molecule has 3 nitrogen and oxygen atoms in total. The van der Waals surface area contributed by atoms with Crippen LogP contribution in [-0.4, -0.2) is 17.3 Å². The number of alkyl halides is 1. The highest BCUT2D eigenvalue weighted by molar-refractivity contribution is 9.09. The number of rotatable bonds is 1. The molecule has 2 rings (SSSR count). The van der Waals surface area contributed by atoms with Crippen LogP contribution in [0, 0.1) is 0 Å². The Morgan fingerprint density at radius 3 is 2.69 bits per heavy atom. The van der Waals surface area contributed by atoms with Crippen LogP contribution >= 0.6 is 15.9 Å². The Morgan fingerprint density at radius 2 is 2.00 bits per heavy atom. The summed E-state index contributed by atoms with van der Waals surface area (Å²) < 4.78 is 0. The van der Waals surface area contributed by atoms with Crippen LogP contribution in [0.25, 0.3) is 0 Å². The zero-order chi connectivity index (χ0) is 9.26. The van der Waals surface area contributed by atoms with Crippen LogP contribution in [0.5, 0.6) is 0 Å². The molecular weight excluding hydrogens is 232 g/mol. The SMILES string of the molecule is O=C1N=c2ccccc2=NC1CBr. The summed E-state index contributed by atoms with van der Waals surface area (Å²) >= 11 is 3.23. The Hall–Kier alpha value is -1.03. The zero-order valence-electron chi connectivity index (χ0n) is 6.77. The average Bonchev–Trinajstić information content (AvgIpc) is 2.17. The molecule has 13 heavy (non-hydrogen) atoms. The first-order chi connectivity index (χ1) is 6.31. The smallest absolute Gasteiger partial charge is 0.270 e. The second-order valence-corrected chi connectivity index (χ2v) is 3.39. The predicted octanol–water partition coefficient (Wildman–Crippen LogP) is 0.229. The van der Waals surface area contributed by atoms with Crippen LogP contribution < -0.4 is 10.7 Å². The normalized spacial score (nSPS) is 20.1. The number of nitrogens with zero attached hydrogens (tertiary/aromatic N) is 2.